The molecule has 0 aliphatic carbocycles. The van der Waals surface area contributed by atoms with Crippen LogP contribution in [0.25, 0.3) is 44.3 Å². The highest BCUT2D eigenvalue weighted by molar-refractivity contribution is 5.98. The molecule has 0 radical (unpaired) electrons. The third-order valence-corrected chi connectivity index (χ3v) is 6.52. The Hall–Kier alpha value is -5.01. The maximum atomic E-state index is 13.0. The van der Waals surface area contributed by atoms with Crippen molar-refractivity contribution in [2.24, 2.45) is 5.73 Å². The fourth-order valence-corrected chi connectivity index (χ4v) is 4.52. The summed E-state index contributed by atoms with van der Waals surface area (Å²) < 4.78 is 0. The van der Waals surface area contributed by atoms with E-state index in [4.69, 9.17) is 10.7 Å². The highest BCUT2D eigenvalue weighted by Crippen LogP contribution is 2.34. The summed E-state index contributed by atoms with van der Waals surface area (Å²) in [5, 5.41) is 3.89. The second-order valence-electron chi connectivity index (χ2n) is 8.92. The van der Waals surface area contributed by atoms with E-state index in [2.05, 4.69) is 50.6 Å². The molecule has 3 N–H and O–H groups in total. The number of rotatable bonds is 6. The number of nitrogens with one attached hydrogen (secondary N) is 1. The molecule has 6 aromatic rings. The second kappa shape index (κ2) is 10.2. The van der Waals surface area contributed by atoms with Gasteiger partial charge in [0.1, 0.15) is 0 Å². The lowest BCUT2D eigenvalue weighted by Gasteiger charge is -2.14. The number of nitrogens with zero attached hydrogens (tertiary/aromatic N) is 4. The Kier molecular flexibility index (Phi) is 6.25. The number of benzene rings is 3. The van der Waals surface area contributed by atoms with Gasteiger partial charge >= 0.3 is 0 Å². The van der Waals surface area contributed by atoms with Gasteiger partial charge in [-0.3, -0.25) is 19.7 Å². The minimum absolute atomic E-state index is 0.204. The number of hydrogen-bond acceptors (Lipinski definition) is 6. The molecule has 0 fully saturated rings. The van der Waals surface area contributed by atoms with E-state index < -0.39 is 0 Å². The third-order valence-electron chi connectivity index (χ3n) is 6.52. The van der Waals surface area contributed by atoms with Crippen LogP contribution in [0.1, 0.15) is 21.6 Å². The van der Waals surface area contributed by atoms with Gasteiger partial charge in [0.05, 0.1) is 34.5 Å². The summed E-state index contributed by atoms with van der Waals surface area (Å²) in [7, 11) is 0. The van der Waals surface area contributed by atoms with Crippen molar-refractivity contribution in [3.8, 4) is 22.4 Å². The quantitative estimate of drug-likeness (QED) is 0.324. The number of carbonyl (C=O) groups excluding carboxylic acids is 1. The lowest BCUT2D eigenvalue weighted by atomic mass is 9.96. The van der Waals surface area contributed by atoms with Crippen LogP contribution < -0.4 is 11.1 Å². The van der Waals surface area contributed by atoms with Crippen molar-refractivity contribution in [1.82, 2.24) is 25.3 Å². The van der Waals surface area contributed by atoms with Crippen LogP contribution in [0.15, 0.2) is 104 Å². The van der Waals surface area contributed by atoms with Crippen molar-refractivity contribution in [3.63, 3.8) is 0 Å². The topological polar surface area (TPSA) is 107 Å². The highest BCUT2D eigenvalue weighted by Gasteiger charge is 2.15. The van der Waals surface area contributed by atoms with Crippen molar-refractivity contribution < 1.29 is 4.79 Å². The van der Waals surface area contributed by atoms with Crippen LogP contribution in [0.5, 0.6) is 0 Å². The van der Waals surface area contributed by atoms with Crippen LogP contribution in [-0.4, -0.2) is 25.8 Å². The number of pyridine rings is 2. The Morgan fingerprint density at radius 3 is 2.32 bits per heavy atom. The van der Waals surface area contributed by atoms with Crippen molar-refractivity contribution in [2.75, 3.05) is 0 Å². The van der Waals surface area contributed by atoms with E-state index in [1.165, 1.54) is 0 Å². The van der Waals surface area contributed by atoms with E-state index in [9.17, 15) is 4.79 Å². The van der Waals surface area contributed by atoms with Gasteiger partial charge < -0.3 is 11.1 Å². The highest BCUT2D eigenvalue weighted by atomic mass is 16.1. The molecule has 0 atom stereocenters. The summed E-state index contributed by atoms with van der Waals surface area (Å²) in [6.07, 6.45) is 4.97. The average Bonchev–Trinajstić information content (AvgIpc) is 2.99. The summed E-state index contributed by atoms with van der Waals surface area (Å²) in [5.74, 6) is -0.204. The van der Waals surface area contributed by atoms with Gasteiger partial charge in [0, 0.05) is 47.2 Å². The zero-order valence-corrected chi connectivity index (χ0v) is 20.5. The predicted molar refractivity (Wildman–Crippen MR) is 149 cm³/mol. The normalized spacial score (nSPS) is 11.1. The molecule has 0 saturated carbocycles. The van der Waals surface area contributed by atoms with E-state index in [0.29, 0.717) is 17.6 Å². The molecule has 3 heterocycles. The number of carbonyl (C=O) groups is 1. The molecule has 0 aliphatic rings. The zero-order valence-electron chi connectivity index (χ0n) is 20.5. The van der Waals surface area contributed by atoms with Gasteiger partial charge in [-0.2, -0.15) is 0 Å². The molecule has 0 unspecified atom stereocenters. The summed E-state index contributed by atoms with van der Waals surface area (Å²) in [4.78, 5) is 31.2. The first-order valence-corrected chi connectivity index (χ1v) is 12.3. The fourth-order valence-electron chi connectivity index (χ4n) is 4.52. The van der Waals surface area contributed by atoms with E-state index >= 15 is 0 Å². The summed E-state index contributed by atoms with van der Waals surface area (Å²) in [6.45, 7) is 0.749. The number of hydrogen-bond donors (Lipinski definition) is 2. The van der Waals surface area contributed by atoms with Gasteiger partial charge in [0.15, 0.2) is 0 Å². The Labute approximate surface area is 219 Å². The van der Waals surface area contributed by atoms with Crippen molar-refractivity contribution in [3.05, 3.63) is 120 Å². The van der Waals surface area contributed by atoms with Gasteiger partial charge in [0.2, 0.25) is 0 Å². The molecular weight excluding hydrogens is 472 g/mol. The van der Waals surface area contributed by atoms with Gasteiger partial charge in [0.25, 0.3) is 5.91 Å². The van der Waals surface area contributed by atoms with Gasteiger partial charge in [-0.1, -0.05) is 54.6 Å². The lowest BCUT2D eigenvalue weighted by Crippen LogP contribution is -2.23. The number of aromatic nitrogens is 4. The monoisotopic (exact) mass is 496 g/mol. The molecule has 0 aliphatic heterocycles. The summed E-state index contributed by atoms with van der Waals surface area (Å²) >= 11 is 0. The molecule has 1 amide bonds. The van der Waals surface area contributed by atoms with Crippen LogP contribution in [0.3, 0.4) is 0 Å². The molecule has 7 heteroatoms. The molecule has 3 aromatic carbocycles. The van der Waals surface area contributed by atoms with E-state index in [0.717, 1.165) is 50.1 Å². The molecule has 38 heavy (non-hydrogen) atoms. The number of amides is 1. The molecule has 6 rings (SSSR count). The zero-order chi connectivity index (χ0) is 25.9. The molecule has 184 valence electrons. The van der Waals surface area contributed by atoms with Crippen molar-refractivity contribution >= 4 is 27.8 Å². The minimum atomic E-state index is -0.204. The first kappa shape index (κ1) is 23.4. The van der Waals surface area contributed by atoms with Crippen LogP contribution in [0.2, 0.25) is 0 Å². The Balaban J connectivity index is 1.37. The second-order valence-corrected chi connectivity index (χ2v) is 8.92. The number of nitrogens with two attached hydrogens (primary N) is 1. The van der Waals surface area contributed by atoms with Crippen LogP contribution in [-0.2, 0) is 13.1 Å². The number of fused-ring (bicyclic) bond motifs is 2. The lowest BCUT2D eigenvalue weighted by molar-refractivity contribution is 0.0950. The van der Waals surface area contributed by atoms with E-state index in [1.807, 2.05) is 36.4 Å². The third kappa shape index (κ3) is 4.58. The summed E-state index contributed by atoms with van der Waals surface area (Å²) in [5.41, 5.74) is 14.3. The van der Waals surface area contributed by atoms with E-state index in [-0.39, 0.29) is 12.5 Å². The van der Waals surface area contributed by atoms with Crippen LogP contribution in [0.4, 0.5) is 0 Å². The predicted octanol–water partition coefficient (Wildman–Crippen LogP) is 5.30. The molecule has 7 nitrogen and oxygen atoms in total. The Morgan fingerprint density at radius 1 is 0.737 bits per heavy atom. The molecule has 0 saturated heterocycles. The SMILES string of the molecule is NCc1ccc(-c2nc3ccnc(CNC(=O)c4ccc5nccnc5c4)c3cc2-c2ccccc2)cc1. The maximum Gasteiger partial charge on any atom is 0.251 e. The maximum absolute atomic E-state index is 13.0. The molecule has 0 bridgehead atoms. The van der Waals surface area contributed by atoms with Gasteiger partial charge in [-0.15, -0.1) is 0 Å². The smallest absolute Gasteiger partial charge is 0.251 e. The summed E-state index contributed by atoms with van der Waals surface area (Å²) in [6, 6.07) is 27.6. The largest absolute Gasteiger partial charge is 0.346 e. The van der Waals surface area contributed by atoms with E-state index in [1.54, 1.807) is 36.8 Å². The molecular formula is C31H24N6O. The van der Waals surface area contributed by atoms with Crippen LogP contribution >= 0.6 is 0 Å². The minimum Gasteiger partial charge on any atom is -0.346 e. The Morgan fingerprint density at radius 2 is 1.53 bits per heavy atom. The van der Waals surface area contributed by atoms with Crippen LogP contribution in [0, 0.1) is 0 Å². The first-order valence-electron chi connectivity index (χ1n) is 12.3. The first-order chi connectivity index (χ1) is 18.7. The standard InChI is InChI=1S/C31H24N6O/c32-18-20-6-8-22(9-7-20)30-24(21-4-2-1-3-5-21)17-25-26(37-30)12-13-33-29(25)19-36-31(38)23-10-11-27-28(16-23)35-15-14-34-27/h1-17H,18-19,32H2,(H,36,38). The van der Waals surface area contributed by atoms with Gasteiger partial charge in [-0.05, 0) is 41.5 Å². The van der Waals surface area contributed by atoms with Crippen molar-refractivity contribution in [2.45, 2.75) is 13.1 Å². The van der Waals surface area contributed by atoms with Crippen molar-refractivity contribution in [1.29, 1.82) is 0 Å². The average molecular weight is 497 g/mol. The van der Waals surface area contributed by atoms with Gasteiger partial charge in [-0.25, -0.2) is 4.98 Å². The molecule has 0 spiro atoms. The molecule has 3 aromatic heterocycles. The Bertz CT molecular complexity index is 1770. The fraction of sp³-hybridized carbons (Fsp3) is 0.0645.